The predicted molar refractivity (Wildman–Crippen MR) is 138 cm³/mol. The smallest absolute Gasteiger partial charge is 0.335 e. The highest BCUT2D eigenvalue weighted by Crippen LogP contribution is 2.31. The van der Waals surface area contributed by atoms with Gasteiger partial charge in [-0.05, 0) is 72.7 Å². The fourth-order valence-corrected chi connectivity index (χ4v) is 3.82. The number of hydrogen-bond donors (Lipinski definition) is 1. The largest absolute Gasteiger partial charge is 0.494 e. The summed E-state index contributed by atoms with van der Waals surface area (Å²) in [6.07, 6.45) is 1.41. The van der Waals surface area contributed by atoms with Gasteiger partial charge in [0, 0.05) is 4.47 Å². The van der Waals surface area contributed by atoms with Crippen LogP contribution in [0.5, 0.6) is 17.2 Å². The van der Waals surface area contributed by atoms with Crippen LogP contribution in [-0.4, -0.2) is 31.6 Å². The number of rotatable bonds is 8. The molecule has 9 heteroatoms. The molecule has 0 aliphatic carbocycles. The molecule has 0 unspecified atom stereocenters. The summed E-state index contributed by atoms with van der Waals surface area (Å²) in [5.74, 6) is 0.0365. The molecular formula is C27H23BrN2O6. The van der Waals surface area contributed by atoms with Gasteiger partial charge in [-0.3, -0.25) is 14.9 Å². The maximum absolute atomic E-state index is 13.2. The summed E-state index contributed by atoms with van der Waals surface area (Å²) in [5, 5.41) is 2.22. The van der Waals surface area contributed by atoms with E-state index in [0.29, 0.717) is 41.7 Å². The van der Waals surface area contributed by atoms with Gasteiger partial charge in [0.25, 0.3) is 11.8 Å². The minimum absolute atomic E-state index is 0.186. The Bertz CT molecular complexity index is 1320. The predicted octanol–water partition coefficient (Wildman–Crippen LogP) is 5.10. The van der Waals surface area contributed by atoms with Gasteiger partial charge < -0.3 is 14.2 Å². The number of nitrogens with one attached hydrogen (secondary N) is 1. The van der Waals surface area contributed by atoms with Crippen molar-refractivity contribution >= 4 is 45.5 Å². The Morgan fingerprint density at radius 3 is 2.31 bits per heavy atom. The van der Waals surface area contributed by atoms with Gasteiger partial charge in [0.05, 0.1) is 19.4 Å². The number of barbiturate groups is 1. The normalized spacial score (nSPS) is 14.6. The average Bonchev–Trinajstić information content (AvgIpc) is 2.87. The lowest BCUT2D eigenvalue weighted by Crippen LogP contribution is -2.54. The molecule has 0 bridgehead atoms. The molecule has 1 aliphatic heterocycles. The van der Waals surface area contributed by atoms with Crippen LogP contribution in [0.3, 0.4) is 0 Å². The van der Waals surface area contributed by atoms with E-state index in [1.54, 1.807) is 42.5 Å². The summed E-state index contributed by atoms with van der Waals surface area (Å²) in [6.45, 7) is 2.68. The van der Waals surface area contributed by atoms with Crippen molar-refractivity contribution in [1.82, 2.24) is 5.32 Å². The van der Waals surface area contributed by atoms with E-state index in [1.165, 1.54) is 13.2 Å². The monoisotopic (exact) mass is 550 g/mol. The van der Waals surface area contributed by atoms with E-state index in [-0.39, 0.29) is 5.57 Å². The van der Waals surface area contributed by atoms with Crippen LogP contribution in [0.25, 0.3) is 6.08 Å². The third kappa shape index (κ3) is 5.58. The topological polar surface area (TPSA) is 94.2 Å². The number of imide groups is 2. The fraction of sp³-hybridized carbons (Fsp3) is 0.148. The maximum atomic E-state index is 13.2. The van der Waals surface area contributed by atoms with Gasteiger partial charge in [-0.25, -0.2) is 9.69 Å². The van der Waals surface area contributed by atoms with Crippen molar-refractivity contribution in [2.75, 3.05) is 18.6 Å². The molecule has 4 rings (SSSR count). The SMILES string of the molecule is CCOc1ccc(N2C(=O)NC(=O)/C(=C\c3ccc(OCc4ccc(Br)cc4)c(OC)c3)C2=O)cc1. The van der Waals surface area contributed by atoms with Crippen molar-refractivity contribution < 1.29 is 28.6 Å². The van der Waals surface area contributed by atoms with E-state index in [4.69, 9.17) is 14.2 Å². The van der Waals surface area contributed by atoms with Gasteiger partial charge in [-0.1, -0.05) is 34.1 Å². The second kappa shape index (κ2) is 11.1. The molecule has 3 aromatic carbocycles. The second-order valence-electron chi connectivity index (χ2n) is 7.71. The van der Waals surface area contributed by atoms with Crippen LogP contribution in [-0.2, 0) is 16.2 Å². The van der Waals surface area contributed by atoms with Crippen LogP contribution in [0, 0.1) is 0 Å². The van der Waals surface area contributed by atoms with Crippen molar-refractivity contribution in [3.63, 3.8) is 0 Å². The summed E-state index contributed by atoms with van der Waals surface area (Å²) in [5.41, 5.74) is 1.64. The molecular weight excluding hydrogens is 528 g/mol. The van der Waals surface area contributed by atoms with Gasteiger partial charge in [0.15, 0.2) is 11.5 Å². The number of carbonyl (C=O) groups excluding carboxylic acids is 3. The number of ether oxygens (including phenoxy) is 3. The third-order valence-corrected chi connectivity index (χ3v) is 5.84. The van der Waals surface area contributed by atoms with Crippen molar-refractivity contribution in [1.29, 1.82) is 0 Å². The summed E-state index contributed by atoms with van der Waals surface area (Å²) in [4.78, 5) is 39.0. The lowest BCUT2D eigenvalue weighted by Gasteiger charge is -2.26. The zero-order valence-corrected chi connectivity index (χ0v) is 21.2. The molecule has 184 valence electrons. The first-order valence-corrected chi connectivity index (χ1v) is 11.9. The number of urea groups is 1. The van der Waals surface area contributed by atoms with Gasteiger partial charge in [-0.2, -0.15) is 0 Å². The van der Waals surface area contributed by atoms with Crippen molar-refractivity contribution in [3.05, 3.63) is 87.9 Å². The van der Waals surface area contributed by atoms with E-state index in [9.17, 15) is 14.4 Å². The van der Waals surface area contributed by atoms with Crippen LogP contribution in [0.1, 0.15) is 18.1 Å². The molecule has 0 atom stereocenters. The Balaban J connectivity index is 1.56. The first kappa shape index (κ1) is 25.0. The van der Waals surface area contributed by atoms with Gasteiger partial charge in [0.2, 0.25) is 0 Å². The van der Waals surface area contributed by atoms with Crippen LogP contribution < -0.4 is 24.4 Å². The fourth-order valence-electron chi connectivity index (χ4n) is 3.55. The number of methoxy groups -OCH3 is 1. The lowest BCUT2D eigenvalue weighted by molar-refractivity contribution is -0.122. The van der Waals surface area contributed by atoms with E-state index >= 15 is 0 Å². The number of nitrogens with zero attached hydrogens (tertiary/aromatic N) is 1. The number of benzene rings is 3. The highest BCUT2D eigenvalue weighted by molar-refractivity contribution is 9.10. The Morgan fingerprint density at radius 2 is 1.64 bits per heavy atom. The summed E-state index contributed by atoms with van der Waals surface area (Å²) in [7, 11) is 1.50. The molecule has 1 fully saturated rings. The Labute approximate surface area is 216 Å². The number of amides is 4. The van der Waals surface area contributed by atoms with Crippen molar-refractivity contribution in [3.8, 4) is 17.2 Å². The minimum Gasteiger partial charge on any atom is -0.494 e. The molecule has 0 spiro atoms. The van der Waals surface area contributed by atoms with Crippen molar-refractivity contribution in [2.45, 2.75) is 13.5 Å². The third-order valence-electron chi connectivity index (χ3n) is 5.31. The first-order valence-electron chi connectivity index (χ1n) is 11.1. The molecule has 3 aromatic rings. The lowest BCUT2D eigenvalue weighted by atomic mass is 10.1. The molecule has 4 amide bonds. The number of halogens is 1. The maximum Gasteiger partial charge on any atom is 0.335 e. The second-order valence-corrected chi connectivity index (χ2v) is 8.63. The first-order chi connectivity index (χ1) is 17.4. The van der Waals surface area contributed by atoms with Crippen LogP contribution in [0.15, 0.2) is 76.8 Å². The molecule has 1 aliphatic rings. The number of anilines is 1. The zero-order chi connectivity index (χ0) is 25.7. The quantitative estimate of drug-likeness (QED) is 0.309. The van der Waals surface area contributed by atoms with Crippen LogP contribution in [0.2, 0.25) is 0 Å². The van der Waals surface area contributed by atoms with Gasteiger partial charge >= 0.3 is 6.03 Å². The average molecular weight is 551 g/mol. The summed E-state index contributed by atoms with van der Waals surface area (Å²) < 4.78 is 17.7. The van der Waals surface area contributed by atoms with E-state index in [1.807, 2.05) is 31.2 Å². The Kier molecular flexibility index (Phi) is 7.70. The molecule has 0 saturated carbocycles. The van der Waals surface area contributed by atoms with E-state index in [0.717, 1.165) is 14.9 Å². The highest BCUT2D eigenvalue weighted by Gasteiger charge is 2.36. The molecule has 1 N–H and O–H groups in total. The van der Waals surface area contributed by atoms with E-state index in [2.05, 4.69) is 21.2 Å². The minimum atomic E-state index is -0.819. The summed E-state index contributed by atoms with van der Waals surface area (Å²) in [6, 6.07) is 18.4. The number of hydrogen-bond acceptors (Lipinski definition) is 6. The molecule has 0 aromatic heterocycles. The molecule has 8 nitrogen and oxygen atoms in total. The van der Waals surface area contributed by atoms with Crippen molar-refractivity contribution in [2.24, 2.45) is 0 Å². The summed E-state index contributed by atoms with van der Waals surface area (Å²) >= 11 is 3.40. The number of carbonyl (C=O) groups is 3. The van der Waals surface area contributed by atoms with E-state index < -0.39 is 17.8 Å². The standard InChI is InChI=1S/C27H23BrN2O6/c1-3-35-21-11-9-20(10-12-21)30-26(32)22(25(31)29-27(30)33)14-18-6-13-23(24(15-18)34-2)36-16-17-4-7-19(28)8-5-17/h4-15H,3,16H2,1-2H3,(H,29,31,33)/b22-14+. The molecule has 1 saturated heterocycles. The molecule has 1 heterocycles. The molecule has 0 radical (unpaired) electrons. The van der Waals surface area contributed by atoms with Crippen LogP contribution in [0.4, 0.5) is 10.5 Å². The van der Waals surface area contributed by atoms with Crippen LogP contribution >= 0.6 is 15.9 Å². The Hall–Kier alpha value is -4.11. The van der Waals surface area contributed by atoms with Gasteiger partial charge in [-0.15, -0.1) is 0 Å². The zero-order valence-electron chi connectivity index (χ0n) is 19.6. The molecule has 36 heavy (non-hydrogen) atoms. The van der Waals surface area contributed by atoms with Gasteiger partial charge in [0.1, 0.15) is 17.9 Å². The Morgan fingerprint density at radius 1 is 0.917 bits per heavy atom. The highest BCUT2D eigenvalue weighted by atomic mass is 79.9.